The van der Waals surface area contributed by atoms with E-state index in [0.717, 1.165) is 37.3 Å². The summed E-state index contributed by atoms with van der Waals surface area (Å²) in [6.07, 6.45) is 1.72. The number of anilines is 2. The maximum Gasteiger partial charge on any atom is 0.414 e. The Morgan fingerprint density at radius 3 is 2.38 bits per heavy atom. The predicted octanol–water partition coefficient (Wildman–Crippen LogP) is 3.21. The molecule has 0 aliphatic rings. The number of hydrogen-bond acceptors (Lipinski definition) is 4. The zero-order chi connectivity index (χ0) is 15.9. The minimum absolute atomic E-state index is 0.355. The van der Waals surface area contributed by atoms with E-state index < -0.39 is 5.60 Å². The standard InChI is InChI=1S/C16H27N3O2/c1-16(2,3)21-15(20)19(4)14-9-7-13(8-10-14)18-12-6-5-11-17/h7-10,18H,5-6,11-12,17H2,1-4H3. The Morgan fingerprint density at radius 1 is 1.24 bits per heavy atom. The third-order valence-electron chi connectivity index (χ3n) is 2.88. The van der Waals surface area contributed by atoms with Crippen LogP contribution in [0.1, 0.15) is 33.6 Å². The SMILES string of the molecule is CN(C(=O)OC(C)(C)C)c1ccc(NCCCCN)cc1. The van der Waals surface area contributed by atoms with Crippen LogP contribution < -0.4 is 16.0 Å². The van der Waals surface area contributed by atoms with Crippen molar-refractivity contribution in [2.75, 3.05) is 30.4 Å². The number of nitrogens with one attached hydrogen (secondary N) is 1. The van der Waals surface area contributed by atoms with E-state index in [0.29, 0.717) is 0 Å². The Kier molecular flexibility index (Phi) is 6.49. The van der Waals surface area contributed by atoms with Crippen LogP contribution in [0.3, 0.4) is 0 Å². The number of unbranched alkanes of at least 4 members (excludes halogenated alkanes) is 1. The van der Waals surface area contributed by atoms with Crippen molar-refractivity contribution < 1.29 is 9.53 Å². The maximum absolute atomic E-state index is 12.0. The van der Waals surface area contributed by atoms with Crippen LogP contribution in [-0.2, 0) is 4.74 Å². The van der Waals surface area contributed by atoms with Crippen molar-refractivity contribution in [3.8, 4) is 0 Å². The number of nitrogens with two attached hydrogens (primary N) is 1. The third-order valence-corrected chi connectivity index (χ3v) is 2.88. The Labute approximate surface area is 127 Å². The lowest BCUT2D eigenvalue weighted by molar-refractivity contribution is 0.0589. The summed E-state index contributed by atoms with van der Waals surface area (Å²) in [7, 11) is 1.71. The van der Waals surface area contributed by atoms with Gasteiger partial charge in [-0.3, -0.25) is 4.90 Å². The molecule has 0 radical (unpaired) electrons. The van der Waals surface area contributed by atoms with E-state index in [1.165, 1.54) is 4.90 Å². The van der Waals surface area contributed by atoms with Gasteiger partial charge in [-0.15, -0.1) is 0 Å². The largest absolute Gasteiger partial charge is 0.443 e. The lowest BCUT2D eigenvalue weighted by Crippen LogP contribution is -2.34. The molecule has 0 aromatic heterocycles. The second-order valence-corrected chi connectivity index (χ2v) is 6.01. The van der Waals surface area contributed by atoms with Gasteiger partial charge in [0.1, 0.15) is 5.60 Å². The highest BCUT2D eigenvalue weighted by atomic mass is 16.6. The van der Waals surface area contributed by atoms with Crippen molar-refractivity contribution in [2.24, 2.45) is 5.73 Å². The second kappa shape index (κ2) is 7.88. The van der Waals surface area contributed by atoms with Gasteiger partial charge in [0.05, 0.1) is 0 Å². The fraction of sp³-hybridized carbons (Fsp3) is 0.562. The summed E-state index contributed by atoms with van der Waals surface area (Å²) in [6, 6.07) is 7.71. The van der Waals surface area contributed by atoms with Crippen molar-refractivity contribution in [3.05, 3.63) is 24.3 Å². The molecule has 0 spiro atoms. The smallest absolute Gasteiger partial charge is 0.414 e. The Balaban J connectivity index is 2.54. The Bertz CT molecular complexity index is 438. The van der Waals surface area contributed by atoms with Crippen molar-refractivity contribution >= 4 is 17.5 Å². The predicted molar refractivity (Wildman–Crippen MR) is 87.9 cm³/mol. The van der Waals surface area contributed by atoms with Crippen molar-refractivity contribution in [1.82, 2.24) is 0 Å². The van der Waals surface area contributed by atoms with Crippen LogP contribution in [0.2, 0.25) is 0 Å². The molecule has 21 heavy (non-hydrogen) atoms. The molecule has 0 atom stereocenters. The second-order valence-electron chi connectivity index (χ2n) is 6.01. The lowest BCUT2D eigenvalue weighted by atomic mass is 10.2. The van der Waals surface area contributed by atoms with Crippen LogP contribution in [0.5, 0.6) is 0 Å². The Hall–Kier alpha value is -1.75. The molecular formula is C16H27N3O2. The highest BCUT2D eigenvalue weighted by Crippen LogP contribution is 2.19. The molecule has 0 aliphatic carbocycles. The number of carbonyl (C=O) groups is 1. The molecule has 5 heteroatoms. The van der Waals surface area contributed by atoms with Gasteiger partial charge in [0, 0.05) is 25.0 Å². The van der Waals surface area contributed by atoms with Gasteiger partial charge in [-0.1, -0.05) is 0 Å². The number of carbonyl (C=O) groups excluding carboxylic acids is 1. The average Bonchev–Trinajstić information content (AvgIpc) is 2.41. The molecule has 0 heterocycles. The first-order valence-corrected chi connectivity index (χ1v) is 7.34. The van der Waals surface area contributed by atoms with Gasteiger partial charge in [-0.25, -0.2) is 4.79 Å². The monoisotopic (exact) mass is 293 g/mol. The van der Waals surface area contributed by atoms with Gasteiger partial charge in [-0.2, -0.15) is 0 Å². The normalized spacial score (nSPS) is 11.1. The van der Waals surface area contributed by atoms with Crippen LogP contribution in [0, 0.1) is 0 Å². The summed E-state index contributed by atoms with van der Waals surface area (Å²) in [6.45, 7) is 7.19. The first-order valence-electron chi connectivity index (χ1n) is 7.34. The number of rotatable bonds is 6. The molecule has 3 N–H and O–H groups in total. The van der Waals surface area contributed by atoms with Crippen molar-refractivity contribution in [3.63, 3.8) is 0 Å². The van der Waals surface area contributed by atoms with E-state index in [9.17, 15) is 4.79 Å². The molecule has 0 saturated heterocycles. The zero-order valence-corrected chi connectivity index (χ0v) is 13.5. The van der Waals surface area contributed by atoms with Crippen LogP contribution in [-0.4, -0.2) is 31.8 Å². The molecule has 0 bridgehead atoms. The van der Waals surface area contributed by atoms with Crippen molar-refractivity contribution in [2.45, 2.75) is 39.2 Å². The lowest BCUT2D eigenvalue weighted by Gasteiger charge is -2.24. The molecule has 118 valence electrons. The first kappa shape index (κ1) is 17.3. The van der Waals surface area contributed by atoms with Gasteiger partial charge >= 0.3 is 6.09 Å². The zero-order valence-electron chi connectivity index (χ0n) is 13.5. The molecule has 1 aromatic carbocycles. The fourth-order valence-corrected chi connectivity index (χ4v) is 1.74. The highest BCUT2D eigenvalue weighted by Gasteiger charge is 2.20. The first-order chi connectivity index (χ1) is 9.83. The van der Waals surface area contributed by atoms with Crippen molar-refractivity contribution in [1.29, 1.82) is 0 Å². The molecular weight excluding hydrogens is 266 g/mol. The van der Waals surface area contributed by atoms with Gasteiger partial charge in [0.15, 0.2) is 0 Å². The summed E-state index contributed by atoms with van der Waals surface area (Å²) < 4.78 is 5.34. The minimum atomic E-state index is -0.490. The van der Waals surface area contributed by atoms with E-state index >= 15 is 0 Å². The number of amides is 1. The minimum Gasteiger partial charge on any atom is -0.443 e. The molecule has 0 saturated carbocycles. The van der Waals surface area contributed by atoms with Crippen LogP contribution >= 0.6 is 0 Å². The summed E-state index contributed by atoms with van der Waals surface area (Å²) >= 11 is 0. The molecule has 0 aliphatic heterocycles. The molecule has 5 nitrogen and oxygen atoms in total. The summed E-state index contributed by atoms with van der Waals surface area (Å²) in [5, 5.41) is 3.32. The van der Waals surface area contributed by atoms with Crippen LogP contribution in [0.15, 0.2) is 24.3 Å². The number of hydrogen-bond donors (Lipinski definition) is 2. The van der Waals surface area contributed by atoms with Gasteiger partial charge in [-0.05, 0) is 64.4 Å². The number of nitrogens with zero attached hydrogens (tertiary/aromatic N) is 1. The fourth-order valence-electron chi connectivity index (χ4n) is 1.74. The van der Waals surface area contributed by atoms with Gasteiger partial charge < -0.3 is 15.8 Å². The topological polar surface area (TPSA) is 67.6 Å². The summed E-state index contributed by atoms with van der Waals surface area (Å²) in [5.74, 6) is 0. The van der Waals surface area contributed by atoms with Crippen LogP contribution in [0.25, 0.3) is 0 Å². The summed E-state index contributed by atoms with van der Waals surface area (Å²) in [4.78, 5) is 13.5. The molecule has 1 aromatic rings. The summed E-state index contributed by atoms with van der Waals surface area (Å²) in [5.41, 5.74) is 6.80. The van der Waals surface area contributed by atoms with Crippen LogP contribution in [0.4, 0.5) is 16.2 Å². The van der Waals surface area contributed by atoms with E-state index in [1.54, 1.807) is 7.05 Å². The quantitative estimate of drug-likeness (QED) is 0.790. The maximum atomic E-state index is 12.0. The molecule has 0 unspecified atom stereocenters. The average molecular weight is 293 g/mol. The van der Waals surface area contributed by atoms with Gasteiger partial charge in [0.25, 0.3) is 0 Å². The molecule has 1 amide bonds. The van der Waals surface area contributed by atoms with E-state index in [4.69, 9.17) is 10.5 Å². The number of ether oxygens (including phenoxy) is 1. The molecule has 1 rings (SSSR count). The Morgan fingerprint density at radius 2 is 1.86 bits per heavy atom. The van der Waals surface area contributed by atoms with E-state index in [1.807, 2.05) is 45.0 Å². The van der Waals surface area contributed by atoms with Gasteiger partial charge in [0.2, 0.25) is 0 Å². The molecule has 0 fully saturated rings. The van der Waals surface area contributed by atoms with E-state index in [-0.39, 0.29) is 6.09 Å². The highest BCUT2D eigenvalue weighted by molar-refractivity contribution is 5.87. The number of benzene rings is 1. The van der Waals surface area contributed by atoms with E-state index in [2.05, 4.69) is 5.32 Å². The third kappa shape index (κ3) is 6.49.